The highest BCUT2D eigenvalue weighted by Crippen LogP contribution is 2.26. The maximum atomic E-state index is 5.48. The third-order valence-corrected chi connectivity index (χ3v) is 2.85. The van der Waals surface area contributed by atoms with E-state index in [9.17, 15) is 0 Å². The molecule has 0 radical (unpaired) electrons. The van der Waals surface area contributed by atoms with Crippen molar-refractivity contribution in [2.75, 3.05) is 13.2 Å². The van der Waals surface area contributed by atoms with E-state index in [1.807, 2.05) is 0 Å². The highest BCUT2D eigenvalue weighted by Gasteiger charge is 2.11. The standard InChI is InChI=1S/C14H19NO/c15-9-4-2-1-3-5-12-6-7-14-13(11-12)8-10-16-14/h1-2,6-7,11H,3-5,8-10,15H2. The molecule has 0 fully saturated rings. The van der Waals surface area contributed by atoms with Gasteiger partial charge in [0.1, 0.15) is 5.75 Å². The fraction of sp³-hybridized carbons (Fsp3) is 0.429. The molecule has 0 aliphatic carbocycles. The number of nitrogens with two attached hydrogens (primary N) is 1. The molecular formula is C14H19NO. The van der Waals surface area contributed by atoms with Crippen LogP contribution in [0, 0.1) is 0 Å². The van der Waals surface area contributed by atoms with Crippen LogP contribution in [0.1, 0.15) is 24.0 Å². The van der Waals surface area contributed by atoms with Crippen LogP contribution in [0.3, 0.4) is 0 Å². The number of aryl methyl sites for hydroxylation is 1. The maximum Gasteiger partial charge on any atom is 0.122 e. The van der Waals surface area contributed by atoms with Gasteiger partial charge in [-0.25, -0.2) is 0 Å². The average molecular weight is 217 g/mol. The lowest BCUT2D eigenvalue weighted by Crippen LogP contribution is -1.95. The summed E-state index contributed by atoms with van der Waals surface area (Å²) in [5, 5.41) is 0. The highest BCUT2D eigenvalue weighted by atomic mass is 16.5. The minimum Gasteiger partial charge on any atom is -0.493 e. The SMILES string of the molecule is NCCC=CCCc1ccc2c(c1)CCO2. The summed E-state index contributed by atoms with van der Waals surface area (Å²) in [4.78, 5) is 0. The Bertz CT molecular complexity index is 371. The minimum atomic E-state index is 0.743. The van der Waals surface area contributed by atoms with E-state index in [1.54, 1.807) is 0 Å². The van der Waals surface area contributed by atoms with Crippen LogP contribution >= 0.6 is 0 Å². The number of allylic oxidation sites excluding steroid dienone is 1. The van der Waals surface area contributed by atoms with Crippen molar-refractivity contribution in [1.29, 1.82) is 0 Å². The Morgan fingerprint density at radius 1 is 1.25 bits per heavy atom. The van der Waals surface area contributed by atoms with Gasteiger partial charge in [0.15, 0.2) is 0 Å². The predicted molar refractivity (Wildman–Crippen MR) is 66.8 cm³/mol. The molecule has 0 amide bonds. The van der Waals surface area contributed by atoms with Gasteiger partial charge in [0.05, 0.1) is 6.61 Å². The average Bonchev–Trinajstić information content (AvgIpc) is 2.76. The molecule has 2 N–H and O–H groups in total. The molecule has 1 aromatic rings. The van der Waals surface area contributed by atoms with Crippen LogP contribution in [0.15, 0.2) is 30.4 Å². The maximum absolute atomic E-state index is 5.48. The van der Waals surface area contributed by atoms with E-state index < -0.39 is 0 Å². The van der Waals surface area contributed by atoms with Crippen LogP contribution in [-0.2, 0) is 12.8 Å². The molecular weight excluding hydrogens is 198 g/mol. The summed E-state index contributed by atoms with van der Waals surface area (Å²) < 4.78 is 5.48. The lowest BCUT2D eigenvalue weighted by Gasteiger charge is -2.02. The smallest absolute Gasteiger partial charge is 0.122 e. The van der Waals surface area contributed by atoms with E-state index >= 15 is 0 Å². The van der Waals surface area contributed by atoms with Gasteiger partial charge in [0.2, 0.25) is 0 Å². The lowest BCUT2D eigenvalue weighted by molar-refractivity contribution is 0.357. The van der Waals surface area contributed by atoms with Gasteiger partial charge in [-0.2, -0.15) is 0 Å². The summed E-state index contributed by atoms with van der Waals surface area (Å²) in [7, 11) is 0. The van der Waals surface area contributed by atoms with Gasteiger partial charge in [0.25, 0.3) is 0 Å². The number of benzene rings is 1. The topological polar surface area (TPSA) is 35.2 Å². The van der Waals surface area contributed by atoms with Gasteiger partial charge >= 0.3 is 0 Å². The molecule has 0 saturated heterocycles. The van der Waals surface area contributed by atoms with Gasteiger partial charge in [-0.05, 0) is 43.0 Å². The molecule has 0 spiro atoms. The number of hydrogen-bond acceptors (Lipinski definition) is 2. The fourth-order valence-corrected chi connectivity index (χ4v) is 1.98. The zero-order valence-electron chi connectivity index (χ0n) is 9.61. The van der Waals surface area contributed by atoms with E-state index in [2.05, 4.69) is 30.4 Å². The summed E-state index contributed by atoms with van der Waals surface area (Å²) in [5.41, 5.74) is 8.19. The summed E-state index contributed by atoms with van der Waals surface area (Å²) in [5.74, 6) is 1.07. The zero-order chi connectivity index (χ0) is 11.2. The van der Waals surface area contributed by atoms with Crippen LogP contribution < -0.4 is 10.5 Å². The van der Waals surface area contributed by atoms with Gasteiger partial charge in [-0.15, -0.1) is 0 Å². The fourth-order valence-electron chi connectivity index (χ4n) is 1.98. The van der Waals surface area contributed by atoms with Gasteiger partial charge in [-0.3, -0.25) is 0 Å². The summed E-state index contributed by atoms with van der Waals surface area (Å²) in [6, 6.07) is 6.54. The number of hydrogen-bond donors (Lipinski definition) is 1. The van der Waals surface area contributed by atoms with Gasteiger partial charge in [0, 0.05) is 6.42 Å². The first-order valence-electron chi connectivity index (χ1n) is 6.00. The predicted octanol–water partition coefficient (Wildman–Crippen LogP) is 2.46. The van der Waals surface area contributed by atoms with Crippen LogP contribution in [-0.4, -0.2) is 13.2 Å². The molecule has 2 heteroatoms. The zero-order valence-corrected chi connectivity index (χ0v) is 9.61. The minimum absolute atomic E-state index is 0.743. The van der Waals surface area contributed by atoms with E-state index in [0.29, 0.717) is 0 Å². The summed E-state index contributed by atoms with van der Waals surface area (Å²) >= 11 is 0. The second-order valence-corrected chi connectivity index (χ2v) is 4.13. The Hall–Kier alpha value is -1.28. The molecule has 1 aliphatic heterocycles. The van der Waals surface area contributed by atoms with Crippen molar-refractivity contribution in [3.05, 3.63) is 41.5 Å². The van der Waals surface area contributed by atoms with Crippen LogP contribution in [0.25, 0.3) is 0 Å². The molecule has 2 rings (SSSR count). The van der Waals surface area contributed by atoms with Crippen LogP contribution in [0.4, 0.5) is 0 Å². The first kappa shape index (κ1) is 11.2. The molecule has 86 valence electrons. The number of ether oxygens (including phenoxy) is 1. The molecule has 0 atom stereocenters. The largest absolute Gasteiger partial charge is 0.493 e. The summed E-state index contributed by atoms with van der Waals surface area (Å²) in [6.07, 6.45) is 8.63. The van der Waals surface area contributed by atoms with E-state index in [0.717, 1.165) is 44.6 Å². The second kappa shape index (κ2) is 5.71. The number of rotatable bonds is 5. The first-order valence-corrected chi connectivity index (χ1v) is 6.00. The molecule has 0 unspecified atom stereocenters. The molecule has 16 heavy (non-hydrogen) atoms. The molecule has 1 aliphatic rings. The number of fused-ring (bicyclic) bond motifs is 1. The Balaban J connectivity index is 1.86. The summed E-state index contributed by atoms with van der Waals surface area (Å²) in [6.45, 7) is 1.59. The molecule has 0 bridgehead atoms. The van der Waals surface area contributed by atoms with Crippen molar-refractivity contribution < 1.29 is 4.74 Å². The molecule has 1 heterocycles. The highest BCUT2D eigenvalue weighted by molar-refractivity contribution is 5.39. The third-order valence-electron chi connectivity index (χ3n) is 2.85. The normalized spacial score (nSPS) is 14.1. The van der Waals surface area contributed by atoms with Crippen molar-refractivity contribution in [2.24, 2.45) is 5.73 Å². The Morgan fingerprint density at radius 2 is 2.12 bits per heavy atom. The van der Waals surface area contributed by atoms with Gasteiger partial charge < -0.3 is 10.5 Å². The van der Waals surface area contributed by atoms with Crippen molar-refractivity contribution in [3.8, 4) is 5.75 Å². The Kier molecular flexibility index (Phi) is 4.00. The molecule has 0 aromatic heterocycles. The quantitative estimate of drug-likeness (QED) is 0.769. The van der Waals surface area contributed by atoms with E-state index in [4.69, 9.17) is 10.5 Å². The van der Waals surface area contributed by atoms with Gasteiger partial charge in [-0.1, -0.05) is 24.3 Å². The monoisotopic (exact) mass is 217 g/mol. The van der Waals surface area contributed by atoms with Crippen molar-refractivity contribution in [1.82, 2.24) is 0 Å². The van der Waals surface area contributed by atoms with Crippen LogP contribution in [0.2, 0.25) is 0 Å². The third kappa shape index (κ3) is 2.86. The molecule has 1 aromatic carbocycles. The van der Waals surface area contributed by atoms with Crippen molar-refractivity contribution in [3.63, 3.8) is 0 Å². The lowest BCUT2D eigenvalue weighted by atomic mass is 10.0. The van der Waals surface area contributed by atoms with Crippen molar-refractivity contribution in [2.45, 2.75) is 25.7 Å². The Morgan fingerprint density at radius 3 is 3.00 bits per heavy atom. The van der Waals surface area contributed by atoms with Crippen molar-refractivity contribution >= 4 is 0 Å². The van der Waals surface area contributed by atoms with E-state index in [1.165, 1.54) is 11.1 Å². The second-order valence-electron chi connectivity index (χ2n) is 4.13. The van der Waals surface area contributed by atoms with Crippen LogP contribution in [0.5, 0.6) is 5.75 Å². The molecule has 0 saturated carbocycles. The molecule has 2 nitrogen and oxygen atoms in total. The first-order chi connectivity index (χ1) is 7.90. The Labute approximate surface area is 97.1 Å². The van der Waals surface area contributed by atoms with E-state index in [-0.39, 0.29) is 0 Å².